The van der Waals surface area contributed by atoms with Gasteiger partial charge in [0.15, 0.2) is 0 Å². The zero-order valence-corrected chi connectivity index (χ0v) is 18.2. The number of halogens is 2. The third-order valence-electron chi connectivity index (χ3n) is 4.83. The van der Waals surface area contributed by atoms with Gasteiger partial charge in [0.25, 0.3) is 0 Å². The Balaban J connectivity index is 2.37. The SMILES string of the molecule is CC[C@@H](C(=O)NC)N(Cc1ccc(Cl)cc1Cl)C(=O)Cc1cc(C)ccc1C. The molecule has 0 saturated carbocycles. The van der Waals surface area contributed by atoms with Crippen LogP contribution in [0.5, 0.6) is 0 Å². The van der Waals surface area contributed by atoms with Crippen molar-refractivity contribution in [1.82, 2.24) is 10.2 Å². The second-order valence-corrected chi connectivity index (χ2v) is 7.75. The van der Waals surface area contributed by atoms with E-state index in [1.54, 1.807) is 30.1 Å². The minimum Gasteiger partial charge on any atom is -0.357 e. The molecule has 4 nitrogen and oxygen atoms in total. The van der Waals surface area contributed by atoms with E-state index in [0.717, 1.165) is 22.3 Å². The van der Waals surface area contributed by atoms with Crippen LogP contribution in [0.25, 0.3) is 0 Å². The molecule has 0 spiro atoms. The molecule has 0 aliphatic rings. The maximum atomic E-state index is 13.3. The molecule has 2 aromatic carbocycles. The van der Waals surface area contributed by atoms with Crippen LogP contribution in [-0.2, 0) is 22.6 Å². The molecule has 1 atom stereocenters. The van der Waals surface area contributed by atoms with Gasteiger partial charge >= 0.3 is 0 Å². The molecule has 2 rings (SSSR count). The molecule has 0 aliphatic carbocycles. The predicted molar refractivity (Wildman–Crippen MR) is 115 cm³/mol. The van der Waals surface area contributed by atoms with Crippen LogP contribution >= 0.6 is 23.2 Å². The van der Waals surface area contributed by atoms with E-state index < -0.39 is 6.04 Å². The summed E-state index contributed by atoms with van der Waals surface area (Å²) >= 11 is 12.3. The summed E-state index contributed by atoms with van der Waals surface area (Å²) in [7, 11) is 1.58. The molecule has 0 aromatic heterocycles. The number of carbonyl (C=O) groups excluding carboxylic acids is 2. The second kappa shape index (κ2) is 9.94. The van der Waals surface area contributed by atoms with Crippen LogP contribution in [0, 0.1) is 13.8 Å². The van der Waals surface area contributed by atoms with Crippen LogP contribution < -0.4 is 5.32 Å². The van der Waals surface area contributed by atoms with Gasteiger partial charge in [-0.15, -0.1) is 0 Å². The summed E-state index contributed by atoms with van der Waals surface area (Å²) in [5.74, 6) is -0.308. The van der Waals surface area contributed by atoms with E-state index in [9.17, 15) is 9.59 Å². The van der Waals surface area contributed by atoms with Crippen molar-refractivity contribution in [3.05, 3.63) is 68.7 Å². The molecule has 0 aliphatic heterocycles. The third kappa shape index (κ3) is 5.49. The van der Waals surface area contributed by atoms with Gasteiger partial charge in [0.1, 0.15) is 6.04 Å². The lowest BCUT2D eigenvalue weighted by molar-refractivity contribution is -0.140. The Morgan fingerprint density at radius 2 is 1.79 bits per heavy atom. The van der Waals surface area contributed by atoms with Gasteiger partial charge in [-0.1, -0.05) is 60.0 Å². The molecule has 2 amide bonds. The van der Waals surface area contributed by atoms with Crippen LogP contribution in [0.2, 0.25) is 10.0 Å². The number of likely N-dealkylation sites (N-methyl/N-ethyl adjacent to an activating group) is 1. The summed E-state index contributed by atoms with van der Waals surface area (Å²) in [5.41, 5.74) is 3.86. The molecule has 28 heavy (non-hydrogen) atoms. The molecule has 1 N–H and O–H groups in total. The summed E-state index contributed by atoms with van der Waals surface area (Å²) < 4.78 is 0. The summed E-state index contributed by atoms with van der Waals surface area (Å²) in [6.45, 7) is 6.11. The second-order valence-electron chi connectivity index (χ2n) is 6.90. The average molecular weight is 421 g/mol. The van der Waals surface area contributed by atoms with E-state index in [1.165, 1.54) is 0 Å². The average Bonchev–Trinajstić information content (AvgIpc) is 2.65. The molecular formula is C22H26Cl2N2O2. The van der Waals surface area contributed by atoms with E-state index >= 15 is 0 Å². The van der Waals surface area contributed by atoms with Crippen LogP contribution in [0.1, 0.15) is 35.6 Å². The van der Waals surface area contributed by atoms with Crippen molar-refractivity contribution in [2.45, 2.75) is 46.2 Å². The Hall–Kier alpha value is -2.04. The van der Waals surface area contributed by atoms with Crippen molar-refractivity contribution in [3.8, 4) is 0 Å². The fraction of sp³-hybridized carbons (Fsp3) is 0.364. The summed E-state index contributed by atoms with van der Waals surface area (Å²) in [6, 6.07) is 10.6. The minimum absolute atomic E-state index is 0.116. The van der Waals surface area contributed by atoms with Gasteiger partial charge in [-0.2, -0.15) is 0 Å². The zero-order chi connectivity index (χ0) is 20.8. The van der Waals surface area contributed by atoms with E-state index in [2.05, 4.69) is 5.32 Å². The van der Waals surface area contributed by atoms with Gasteiger partial charge in [-0.25, -0.2) is 0 Å². The van der Waals surface area contributed by atoms with E-state index in [0.29, 0.717) is 16.5 Å². The number of aryl methyl sites for hydroxylation is 2. The van der Waals surface area contributed by atoms with E-state index in [-0.39, 0.29) is 24.8 Å². The lowest BCUT2D eigenvalue weighted by atomic mass is 10.0. The van der Waals surface area contributed by atoms with Crippen LogP contribution in [0.15, 0.2) is 36.4 Å². The third-order valence-corrected chi connectivity index (χ3v) is 5.42. The van der Waals surface area contributed by atoms with Gasteiger partial charge in [0, 0.05) is 23.6 Å². The number of nitrogens with one attached hydrogen (secondary N) is 1. The number of hydrogen-bond acceptors (Lipinski definition) is 2. The highest BCUT2D eigenvalue weighted by Gasteiger charge is 2.28. The van der Waals surface area contributed by atoms with Crippen LogP contribution in [0.3, 0.4) is 0 Å². The van der Waals surface area contributed by atoms with Crippen molar-refractivity contribution >= 4 is 35.0 Å². The molecule has 6 heteroatoms. The monoisotopic (exact) mass is 420 g/mol. The zero-order valence-electron chi connectivity index (χ0n) is 16.7. The van der Waals surface area contributed by atoms with Crippen molar-refractivity contribution in [2.75, 3.05) is 7.05 Å². The first-order valence-electron chi connectivity index (χ1n) is 9.28. The smallest absolute Gasteiger partial charge is 0.242 e. The van der Waals surface area contributed by atoms with Crippen molar-refractivity contribution < 1.29 is 9.59 Å². The van der Waals surface area contributed by atoms with E-state index in [4.69, 9.17) is 23.2 Å². The quantitative estimate of drug-likeness (QED) is 0.704. The highest BCUT2D eigenvalue weighted by molar-refractivity contribution is 6.35. The number of hydrogen-bond donors (Lipinski definition) is 1. The molecule has 0 radical (unpaired) electrons. The normalized spacial score (nSPS) is 11.8. The molecule has 2 aromatic rings. The number of amides is 2. The highest BCUT2D eigenvalue weighted by atomic mass is 35.5. The first-order chi connectivity index (χ1) is 13.3. The fourth-order valence-electron chi connectivity index (χ4n) is 3.17. The molecule has 0 bridgehead atoms. The Bertz CT molecular complexity index is 868. The molecule has 0 fully saturated rings. The van der Waals surface area contributed by atoms with Gasteiger partial charge in [0.2, 0.25) is 11.8 Å². The van der Waals surface area contributed by atoms with Crippen LogP contribution in [-0.4, -0.2) is 29.8 Å². The first-order valence-corrected chi connectivity index (χ1v) is 10.0. The Morgan fingerprint density at radius 3 is 2.39 bits per heavy atom. The predicted octanol–water partition coefficient (Wildman–Crippen LogP) is 4.71. The number of benzene rings is 2. The summed E-state index contributed by atoms with van der Waals surface area (Å²) in [5, 5.41) is 3.66. The van der Waals surface area contributed by atoms with E-state index in [1.807, 2.05) is 39.0 Å². The van der Waals surface area contributed by atoms with Crippen LogP contribution in [0.4, 0.5) is 0 Å². The summed E-state index contributed by atoms with van der Waals surface area (Å²) in [4.78, 5) is 27.3. The maximum absolute atomic E-state index is 13.3. The number of carbonyl (C=O) groups is 2. The van der Waals surface area contributed by atoms with Gasteiger partial charge in [-0.3, -0.25) is 9.59 Å². The number of nitrogens with zero attached hydrogens (tertiary/aromatic N) is 1. The molecule has 0 heterocycles. The Kier molecular flexibility index (Phi) is 7.90. The molecule has 0 unspecified atom stereocenters. The van der Waals surface area contributed by atoms with Crippen molar-refractivity contribution in [2.24, 2.45) is 0 Å². The highest BCUT2D eigenvalue weighted by Crippen LogP contribution is 2.24. The standard InChI is InChI=1S/C22H26Cl2N2O2/c1-5-20(22(28)25-4)26(13-16-8-9-18(23)12-19(16)24)21(27)11-17-10-14(2)6-7-15(17)3/h6-10,12,20H,5,11,13H2,1-4H3,(H,25,28)/t20-/m0/s1. The molecular weight excluding hydrogens is 395 g/mol. The van der Waals surface area contributed by atoms with Gasteiger partial charge < -0.3 is 10.2 Å². The largest absolute Gasteiger partial charge is 0.357 e. The lowest BCUT2D eigenvalue weighted by Crippen LogP contribution is -2.48. The molecule has 150 valence electrons. The van der Waals surface area contributed by atoms with Gasteiger partial charge in [0.05, 0.1) is 6.42 Å². The minimum atomic E-state index is -0.575. The molecule has 0 saturated heterocycles. The first kappa shape index (κ1) is 22.3. The van der Waals surface area contributed by atoms with Gasteiger partial charge in [-0.05, 0) is 49.1 Å². The Labute approximate surface area is 176 Å². The van der Waals surface area contributed by atoms with Crippen molar-refractivity contribution in [3.63, 3.8) is 0 Å². The summed E-state index contributed by atoms with van der Waals surface area (Å²) in [6.07, 6.45) is 0.732. The fourth-order valence-corrected chi connectivity index (χ4v) is 3.64. The van der Waals surface area contributed by atoms with Crippen molar-refractivity contribution in [1.29, 1.82) is 0 Å². The lowest BCUT2D eigenvalue weighted by Gasteiger charge is -2.31. The Morgan fingerprint density at radius 1 is 1.07 bits per heavy atom. The number of rotatable bonds is 7. The topological polar surface area (TPSA) is 49.4 Å². The maximum Gasteiger partial charge on any atom is 0.242 e.